The monoisotopic (exact) mass is 659 g/mol. The Morgan fingerprint density at radius 3 is 2.38 bits per heavy atom. The van der Waals surface area contributed by atoms with E-state index in [1.807, 2.05) is 4.90 Å². The van der Waals surface area contributed by atoms with Gasteiger partial charge in [-0.15, -0.1) is 11.3 Å². The van der Waals surface area contributed by atoms with E-state index in [0.29, 0.717) is 42.4 Å². The van der Waals surface area contributed by atoms with Crippen molar-refractivity contribution in [2.45, 2.75) is 31.7 Å². The number of anilines is 1. The number of aliphatic hydroxyl groups excluding tert-OH is 1. The number of likely N-dealkylation sites (tertiary alicyclic amines) is 1. The minimum Gasteiger partial charge on any atom is -0.493 e. The molecular formula is C30H38BrN5O5S. The number of aromatic nitrogens is 1. The Labute approximate surface area is 259 Å². The summed E-state index contributed by atoms with van der Waals surface area (Å²) in [6, 6.07) is 12.0. The maximum atomic E-state index is 13.3. The molecule has 2 N–H and O–H groups in total. The van der Waals surface area contributed by atoms with Crippen LogP contribution < -0.4 is 19.5 Å². The summed E-state index contributed by atoms with van der Waals surface area (Å²) < 4.78 is 17.3. The predicted octanol–water partition coefficient (Wildman–Crippen LogP) is 3.94. The predicted molar refractivity (Wildman–Crippen MR) is 167 cm³/mol. The zero-order chi connectivity index (χ0) is 29.6. The second kappa shape index (κ2) is 14.0. The van der Waals surface area contributed by atoms with Crippen molar-refractivity contribution in [3.63, 3.8) is 0 Å². The van der Waals surface area contributed by atoms with E-state index in [-0.39, 0.29) is 18.1 Å². The Morgan fingerprint density at radius 1 is 1.05 bits per heavy atom. The van der Waals surface area contributed by atoms with E-state index < -0.39 is 0 Å². The van der Waals surface area contributed by atoms with Crippen LogP contribution in [0, 0.1) is 0 Å². The minimum atomic E-state index is -0.307. The Balaban J connectivity index is 1.10. The number of hydrogen-bond acceptors (Lipinski definition) is 10. The SMILES string of the molecule is COc1cc(C(=O)N2CCN(Cc3csc(NC[C@@H]4C[C@@H](O)CN4Cc4ccc(Br)cc4)n3)CC2)cc(OC)c1OC. The van der Waals surface area contributed by atoms with Gasteiger partial charge in [0.25, 0.3) is 5.91 Å². The molecule has 0 aliphatic carbocycles. The summed E-state index contributed by atoms with van der Waals surface area (Å²) >= 11 is 5.10. The smallest absolute Gasteiger partial charge is 0.254 e. The van der Waals surface area contributed by atoms with Gasteiger partial charge in [-0.25, -0.2) is 4.98 Å². The Bertz CT molecular complexity index is 1320. The van der Waals surface area contributed by atoms with Crippen molar-refractivity contribution in [2.75, 3.05) is 65.9 Å². The highest BCUT2D eigenvalue weighted by molar-refractivity contribution is 9.10. The molecule has 2 aliphatic heterocycles. The molecule has 42 heavy (non-hydrogen) atoms. The van der Waals surface area contributed by atoms with Gasteiger partial charge in [0, 0.05) is 73.8 Å². The van der Waals surface area contributed by atoms with Crippen LogP contribution in [0.15, 0.2) is 46.3 Å². The van der Waals surface area contributed by atoms with E-state index in [1.54, 1.807) is 44.8 Å². The highest BCUT2D eigenvalue weighted by Crippen LogP contribution is 2.38. The lowest BCUT2D eigenvalue weighted by molar-refractivity contribution is 0.0626. The van der Waals surface area contributed by atoms with Crippen LogP contribution in [0.5, 0.6) is 17.2 Å². The van der Waals surface area contributed by atoms with E-state index in [4.69, 9.17) is 19.2 Å². The van der Waals surface area contributed by atoms with Gasteiger partial charge in [-0.1, -0.05) is 28.1 Å². The molecule has 3 heterocycles. The van der Waals surface area contributed by atoms with Crippen LogP contribution in [0.1, 0.15) is 28.0 Å². The van der Waals surface area contributed by atoms with Gasteiger partial charge in [-0.3, -0.25) is 14.6 Å². The molecule has 1 amide bonds. The van der Waals surface area contributed by atoms with Gasteiger partial charge in [0.1, 0.15) is 0 Å². The number of benzene rings is 2. The first-order valence-corrected chi connectivity index (χ1v) is 15.7. The zero-order valence-electron chi connectivity index (χ0n) is 24.2. The maximum absolute atomic E-state index is 13.3. The third kappa shape index (κ3) is 7.35. The number of nitrogens with one attached hydrogen (secondary N) is 1. The number of methoxy groups -OCH3 is 3. The number of carbonyl (C=O) groups is 1. The number of β-amino-alcohol motifs (C(OH)–C–C–N with tert-alkyl or cyclic N) is 1. The highest BCUT2D eigenvalue weighted by Gasteiger charge is 2.31. The topological polar surface area (TPSA) is 99.6 Å². The molecule has 2 saturated heterocycles. The van der Waals surface area contributed by atoms with Crippen molar-refractivity contribution < 1.29 is 24.1 Å². The molecule has 226 valence electrons. The van der Waals surface area contributed by atoms with Gasteiger partial charge in [0.2, 0.25) is 5.75 Å². The lowest BCUT2D eigenvalue weighted by atomic mass is 10.1. The van der Waals surface area contributed by atoms with Crippen molar-refractivity contribution in [3.05, 3.63) is 63.1 Å². The largest absolute Gasteiger partial charge is 0.493 e. The number of thiazole rings is 1. The summed E-state index contributed by atoms with van der Waals surface area (Å²) in [5.41, 5.74) is 2.77. The van der Waals surface area contributed by atoms with Crippen LogP contribution in [-0.2, 0) is 13.1 Å². The first-order valence-electron chi connectivity index (χ1n) is 14.0. The van der Waals surface area contributed by atoms with Gasteiger partial charge in [0.05, 0.1) is 33.1 Å². The lowest BCUT2D eigenvalue weighted by Crippen LogP contribution is -2.48. The molecule has 2 aliphatic rings. The quantitative estimate of drug-likeness (QED) is 0.317. The molecule has 3 aromatic rings. The van der Waals surface area contributed by atoms with Crippen molar-refractivity contribution in [2.24, 2.45) is 0 Å². The summed E-state index contributed by atoms with van der Waals surface area (Å²) in [6.07, 6.45) is 0.444. The number of halogens is 1. The molecule has 5 rings (SSSR count). The van der Waals surface area contributed by atoms with Gasteiger partial charge < -0.3 is 29.5 Å². The molecule has 0 radical (unpaired) electrons. The van der Waals surface area contributed by atoms with Crippen LogP contribution >= 0.6 is 27.3 Å². The van der Waals surface area contributed by atoms with Crippen molar-refractivity contribution in [1.29, 1.82) is 0 Å². The van der Waals surface area contributed by atoms with Gasteiger partial charge in [0.15, 0.2) is 16.6 Å². The molecule has 10 nitrogen and oxygen atoms in total. The van der Waals surface area contributed by atoms with E-state index in [2.05, 4.69) is 60.7 Å². The molecule has 0 bridgehead atoms. The Hall–Kier alpha value is -2.90. The molecule has 2 aromatic carbocycles. The van der Waals surface area contributed by atoms with Gasteiger partial charge >= 0.3 is 0 Å². The summed E-state index contributed by atoms with van der Waals surface area (Å²) in [4.78, 5) is 24.6. The number of carbonyl (C=O) groups excluding carboxylic acids is 1. The number of aliphatic hydroxyl groups is 1. The number of ether oxygens (including phenoxy) is 3. The van der Waals surface area contributed by atoms with Crippen LogP contribution in [0.2, 0.25) is 0 Å². The van der Waals surface area contributed by atoms with Crippen LogP contribution in [0.4, 0.5) is 5.13 Å². The number of amides is 1. The van der Waals surface area contributed by atoms with Crippen LogP contribution in [0.25, 0.3) is 0 Å². The second-order valence-corrected chi connectivity index (χ2v) is 12.4. The van der Waals surface area contributed by atoms with Crippen molar-refractivity contribution in [3.8, 4) is 17.2 Å². The van der Waals surface area contributed by atoms with E-state index >= 15 is 0 Å². The van der Waals surface area contributed by atoms with E-state index in [0.717, 1.165) is 54.4 Å². The zero-order valence-corrected chi connectivity index (χ0v) is 26.6. The molecule has 12 heteroatoms. The number of hydrogen-bond donors (Lipinski definition) is 2. The fourth-order valence-electron chi connectivity index (χ4n) is 5.58. The minimum absolute atomic E-state index is 0.0553. The van der Waals surface area contributed by atoms with Crippen molar-refractivity contribution >= 4 is 38.3 Å². The van der Waals surface area contributed by atoms with E-state index in [9.17, 15) is 9.90 Å². The van der Waals surface area contributed by atoms with Gasteiger partial charge in [-0.2, -0.15) is 0 Å². The summed E-state index contributed by atoms with van der Waals surface area (Å²) in [5.74, 6) is 1.35. The average molecular weight is 661 g/mol. The molecule has 0 spiro atoms. The van der Waals surface area contributed by atoms with E-state index in [1.165, 1.54) is 5.56 Å². The lowest BCUT2D eigenvalue weighted by Gasteiger charge is -2.34. The molecule has 2 atom stereocenters. The number of piperazine rings is 1. The third-order valence-corrected chi connectivity index (χ3v) is 9.18. The first-order chi connectivity index (χ1) is 20.4. The molecule has 2 fully saturated rings. The van der Waals surface area contributed by atoms with Crippen LogP contribution in [0.3, 0.4) is 0 Å². The maximum Gasteiger partial charge on any atom is 0.254 e. The fourth-order valence-corrected chi connectivity index (χ4v) is 6.55. The van der Waals surface area contributed by atoms with Crippen molar-refractivity contribution in [1.82, 2.24) is 19.7 Å². The normalized spacial score (nSPS) is 19.6. The summed E-state index contributed by atoms with van der Waals surface area (Å²) in [7, 11) is 4.63. The second-order valence-electron chi connectivity index (χ2n) is 10.6. The van der Waals surface area contributed by atoms with Crippen LogP contribution in [-0.4, -0.2) is 103 Å². The average Bonchev–Trinajstić information content (AvgIpc) is 3.61. The molecule has 1 aromatic heterocycles. The molecule has 0 unspecified atom stereocenters. The summed E-state index contributed by atoms with van der Waals surface area (Å²) in [6.45, 7) is 5.76. The molecule has 0 saturated carbocycles. The number of nitrogens with zero attached hydrogens (tertiary/aromatic N) is 4. The van der Waals surface area contributed by atoms with Gasteiger partial charge in [-0.05, 0) is 36.2 Å². The first kappa shape index (κ1) is 30.6. The standard InChI is InChI=1S/C30H38BrN5O5S/c1-39-26-12-21(13-27(40-2)28(26)41-3)29(38)35-10-8-34(9-11-35)17-23-19-42-30(33-23)32-15-24-14-25(37)18-36(24)16-20-4-6-22(31)7-5-20/h4-7,12-13,19,24-25,37H,8-11,14-18H2,1-3H3,(H,32,33)/t24-,25+/m0/s1. The highest BCUT2D eigenvalue weighted by atomic mass is 79.9. The Kier molecular flexibility index (Phi) is 10.2. The third-order valence-electron chi connectivity index (χ3n) is 7.80. The molecular weight excluding hydrogens is 622 g/mol. The number of rotatable bonds is 11. The Morgan fingerprint density at radius 2 is 1.74 bits per heavy atom. The fraction of sp³-hybridized carbons (Fsp3) is 0.467. The summed E-state index contributed by atoms with van der Waals surface area (Å²) in [5, 5.41) is 16.8.